The molecule has 2 N–H and O–H groups in total. The first-order chi connectivity index (χ1) is 8.91. The van der Waals surface area contributed by atoms with Crippen LogP contribution in [0.1, 0.15) is 51.7 Å². The van der Waals surface area contributed by atoms with Gasteiger partial charge < -0.3 is 10.4 Å². The lowest BCUT2D eigenvalue weighted by Gasteiger charge is -2.45. The highest BCUT2D eigenvalue weighted by Crippen LogP contribution is 2.44. The van der Waals surface area contributed by atoms with Crippen molar-refractivity contribution >= 4 is 0 Å². The van der Waals surface area contributed by atoms with Crippen LogP contribution in [-0.4, -0.2) is 18.3 Å². The van der Waals surface area contributed by atoms with E-state index in [-0.39, 0.29) is 17.6 Å². The smallest absolute Gasteiger partial charge is 0.0672 e. The van der Waals surface area contributed by atoms with Crippen LogP contribution in [0.3, 0.4) is 0 Å². The Morgan fingerprint density at radius 2 is 1.79 bits per heavy atom. The second-order valence-electron chi connectivity index (χ2n) is 6.94. The molecule has 0 aromatic heterocycles. The molecule has 1 aromatic rings. The molecule has 0 aliphatic heterocycles. The molecule has 0 spiro atoms. The van der Waals surface area contributed by atoms with Crippen LogP contribution in [0.4, 0.5) is 0 Å². The van der Waals surface area contributed by atoms with E-state index in [0.717, 1.165) is 19.4 Å². The normalized spacial score (nSPS) is 25.4. The number of aliphatic hydroxyl groups is 1. The fraction of sp³-hybridized carbons (Fsp3) is 0.647. The first-order valence-corrected chi connectivity index (χ1v) is 7.37. The molecule has 2 heteroatoms. The van der Waals surface area contributed by atoms with Gasteiger partial charge in [-0.25, -0.2) is 0 Å². The van der Waals surface area contributed by atoms with Crippen LogP contribution < -0.4 is 5.32 Å². The third-order valence-electron chi connectivity index (χ3n) is 4.47. The second-order valence-corrected chi connectivity index (χ2v) is 6.94. The standard InChI is InChI=1S/C17H27NO/c1-13(2)11-18-17(12-19)10-9-16(3,4)14-7-5-6-8-15(14)17/h5-8,13,18-19H,9-12H2,1-4H3. The molecule has 1 unspecified atom stereocenters. The summed E-state index contributed by atoms with van der Waals surface area (Å²) in [6.45, 7) is 10.1. The molecule has 0 saturated carbocycles. The number of benzene rings is 1. The molecule has 1 atom stereocenters. The summed E-state index contributed by atoms with van der Waals surface area (Å²) in [7, 11) is 0. The van der Waals surface area contributed by atoms with E-state index < -0.39 is 0 Å². The van der Waals surface area contributed by atoms with Crippen molar-refractivity contribution in [2.24, 2.45) is 5.92 Å². The summed E-state index contributed by atoms with van der Waals surface area (Å²) in [5.74, 6) is 0.588. The Hall–Kier alpha value is -0.860. The van der Waals surface area contributed by atoms with Gasteiger partial charge in [0.2, 0.25) is 0 Å². The minimum atomic E-state index is -0.254. The fourth-order valence-electron chi connectivity index (χ4n) is 3.09. The highest BCUT2D eigenvalue weighted by Gasteiger charge is 2.41. The molecule has 1 aromatic carbocycles. The number of fused-ring (bicyclic) bond motifs is 1. The van der Waals surface area contributed by atoms with Gasteiger partial charge in [0.05, 0.1) is 12.1 Å². The van der Waals surface area contributed by atoms with Crippen LogP contribution in [-0.2, 0) is 11.0 Å². The summed E-state index contributed by atoms with van der Waals surface area (Å²) in [4.78, 5) is 0. The van der Waals surface area contributed by atoms with Crippen molar-refractivity contribution in [3.8, 4) is 0 Å². The number of rotatable bonds is 4. The SMILES string of the molecule is CC(C)CNC1(CO)CCC(C)(C)c2ccccc21. The molecular weight excluding hydrogens is 234 g/mol. The Bertz CT molecular complexity index is 439. The minimum Gasteiger partial charge on any atom is -0.394 e. The summed E-state index contributed by atoms with van der Waals surface area (Å²) in [5, 5.41) is 13.6. The van der Waals surface area contributed by atoms with Crippen molar-refractivity contribution in [2.75, 3.05) is 13.2 Å². The Kier molecular flexibility index (Phi) is 4.03. The first-order valence-electron chi connectivity index (χ1n) is 7.37. The molecule has 1 aliphatic carbocycles. The molecular formula is C17H27NO. The van der Waals surface area contributed by atoms with Crippen molar-refractivity contribution < 1.29 is 5.11 Å². The average Bonchev–Trinajstić information content (AvgIpc) is 2.39. The quantitative estimate of drug-likeness (QED) is 0.872. The van der Waals surface area contributed by atoms with E-state index in [0.29, 0.717) is 5.92 Å². The lowest BCUT2D eigenvalue weighted by molar-refractivity contribution is 0.125. The maximum Gasteiger partial charge on any atom is 0.0672 e. The average molecular weight is 261 g/mol. The summed E-state index contributed by atoms with van der Waals surface area (Å²) in [6.07, 6.45) is 2.11. The van der Waals surface area contributed by atoms with E-state index in [1.54, 1.807) is 0 Å². The zero-order chi connectivity index (χ0) is 14.1. The Morgan fingerprint density at radius 3 is 2.37 bits per heavy atom. The van der Waals surface area contributed by atoms with E-state index in [1.807, 2.05) is 0 Å². The Balaban J connectivity index is 2.41. The van der Waals surface area contributed by atoms with Crippen LogP contribution in [0, 0.1) is 5.92 Å². The summed E-state index contributed by atoms with van der Waals surface area (Å²) in [6, 6.07) is 8.59. The van der Waals surface area contributed by atoms with Crippen LogP contribution >= 0.6 is 0 Å². The Labute approximate surface area is 117 Å². The first kappa shape index (κ1) is 14.5. The van der Waals surface area contributed by atoms with Crippen molar-refractivity contribution in [1.82, 2.24) is 5.32 Å². The summed E-state index contributed by atoms with van der Waals surface area (Å²) >= 11 is 0. The molecule has 0 amide bonds. The van der Waals surface area contributed by atoms with Gasteiger partial charge in [0.1, 0.15) is 0 Å². The van der Waals surface area contributed by atoms with E-state index in [2.05, 4.69) is 57.3 Å². The predicted molar refractivity (Wildman–Crippen MR) is 80.3 cm³/mol. The van der Waals surface area contributed by atoms with Gasteiger partial charge in [-0.1, -0.05) is 52.0 Å². The third kappa shape index (κ3) is 2.70. The van der Waals surface area contributed by atoms with E-state index in [4.69, 9.17) is 0 Å². The number of nitrogens with one attached hydrogen (secondary N) is 1. The zero-order valence-electron chi connectivity index (χ0n) is 12.7. The van der Waals surface area contributed by atoms with Gasteiger partial charge in [-0.2, -0.15) is 0 Å². The lowest BCUT2D eigenvalue weighted by atomic mass is 9.65. The van der Waals surface area contributed by atoms with Crippen molar-refractivity contribution in [3.63, 3.8) is 0 Å². The van der Waals surface area contributed by atoms with E-state index in [9.17, 15) is 5.11 Å². The number of hydrogen-bond acceptors (Lipinski definition) is 2. The summed E-state index contributed by atoms with van der Waals surface area (Å²) < 4.78 is 0. The van der Waals surface area contributed by atoms with Gasteiger partial charge >= 0.3 is 0 Å². The van der Waals surface area contributed by atoms with Crippen LogP contribution in [0.2, 0.25) is 0 Å². The number of hydrogen-bond donors (Lipinski definition) is 2. The molecule has 106 valence electrons. The topological polar surface area (TPSA) is 32.3 Å². The van der Waals surface area contributed by atoms with Crippen molar-refractivity contribution in [2.45, 2.75) is 51.5 Å². The maximum absolute atomic E-state index is 10.0. The van der Waals surface area contributed by atoms with Crippen molar-refractivity contribution in [3.05, 3.63) is 35.4 Å². The second kappa shape index (κ2) is 5.26. The van der Waals surface area contributed by atoms with Crippen LogP contribution in [0.15, 0.2) is 24.3 Å². The van der Waals surface area contributed by atoms with Gasteiger partial charge in [0.25, 0.3) is 0 Å². The summed E-state index contributed by atoms with van der Waals surface area (Å²) in [5.41, 5.74) is 2.62. The highest BCUT2D eigenvalue weighted by atomic mass is 16.3. The van der Waals surface area contributed by atoms with Gasteiger partial charge in [0.15, 0.2) is 0 Å². The molecule has 0 saturated heterocycles. The zero-order valence-corrected chi connectivity index (χ0v) is 12.7. The molecule has 2 nitrogen and oxygen atoms in total. The highest BCUT2D eigenvalue weighted by molar-refractivity contribution is 5.41. The third-order valence-corrected chi connectivity index (χ3v) is 4.47. The molecule has 0 fully saturated rings. The molecule has 0 bridgehead atoms. The van der Waals surface area contributed by atoms with Gasteiger partial charge in [-0.3, -0.25) is 0 Å². The monoisotopic (exact) mass is 261 g/mol. The molecule has 2 rings (SSSR count). The fourth-order valence-corrected chi connectivity index (χ4v) is 3.09. The molecule has 0 radical (unpaired) electrons. The Morgan fingerprint density at radius 1 is 1.16 bits per heavy atom. The minimum absolute atomic E-state index is 0.173. The molecule has 1 aliphatic rings. The van der Waals surface area contributed by atoms with E-state index >= 15 is 0 Å². The predicted octanol–water partition coefficient (Wildman–Crippen LogP) is 3.19. The van der Waals surface area contributed by atoms with Crippen LogP contribution in [0.5, 0.6) is 0 Å². The van der Waals surface area contributed by atoms with Gasteiger partial charge in [0, 0.05) is 0 Å². The maximum atomic E-state index is 10.0. The van der Waals surface area contributed by atoms with Crippen LogP contribution in [0.25, 0.3) is 0 Å². The van der Waals surface area contributed by atoms with Gasteiger partial charge in [-0.15, -0.1) is 0 Å². The molecule has 0 heterocycles. The van der Waals surface area contributed by atoms with Gasteiger partial charge in [-0.05, 0) is 41.8 Å². The largest absolute Gasteiger partial charge is 0.394 e. The lowest BCUT2D eigenvalue weighted by Crippen LogP contribution is -2.51. The number of aliphatic hydroxyl groups excluding tert-OH is 1. The van der Waals surface area contributed by atoms with Crippen molar-refractivity contribution in [1.29, 1.82) is 0 Å². The van der Waals surface area contributed by atoms with E-state index in [1.165, 1.54) is 11.1 Å². The molecule has 19 heavy (non-hydrogen) atoms.